The van der Waals surface area contributed by atoms with Gasteiger partial charge in [-0.05, 0) is 37.1 Å². The molecule has 1 aliphatic heterocycles. The maximum atomic E-state index is 16.2. The van der Waals surface area contributed by atoms with Gasteiger partial charge < -0.3 is 34.0 Å². The largest absolute Gasteiger partial charge is 0.471 e. The first-order valence-electron chi connectivity index (χ1n) is 14.6. The third-order valence-corrected chi connectivity index (χ3v) is 9.57. The maximum absolute atomic E-state index is 16.2. The Hall–Kier alpha value is -3.02. The molecule has 1 aromatic carbocycles. The summed E-state index contributed by atoms with van der Waals surface area (Å²) in [6, 6.07) is 9.20. The predicted octanol–water partition coefficient (Wildman–Crippen LogP) is 2.30. The minimum Gasteiger partial charge on any atom is -0.464 e. The molecule has 2 aromatic heterocycles. The fraction of sp³-hybridized carbons (Fsp3) is 0.519. The maximum Gasteiger partial charge on any atom is 0.471 e. The molecule has 1 saturated heterocycles. The van der Waals surface area contributed by atoms with Crippen molar-refractivity contribution in [2.24, 2.45) is 5.92 Å². The molecule has 6 N–H and O–H groups in total. The zero-order chi connectivity index (χ0) is 34.6. The van der Waals surface area contributed by atoms with Gasteiger partial charge in [0.2, 0.25) is 0 Å². The summed E-state index contributed by atoms with van der Waals surface area (Å²) in [6.07, 6.45) is -3.12. The number of halogens is 1. The smallest absolute Gasteiger partial charge is 0.464 e. The second kappa shape index (κ2) is 15.0. The van der Waals surface area contributed by atoms with Gasteiger partial charge in [-0.15, -0.1) is 0 Å². The Labute approximate surface area is 268 Å². The molecule has 0 saturated carbocycles. The average molecular weight is 706 g/mol. The van der Waals surface area contributed by atoms with Crippen LogP contribution in [0, 0.1) is 11.3 Å². The van der Waals surface area contributed by atoms with Crippen LogP contribution in [0.15, 0.2) is 48.8 Å². The Bertz CT molecular complexity index is 1680. The number of nitrogens with one attached hydrogen (secondary N) is 2. The molecule has 17 nitrogen and oxygen atoms in total. The molecule has 1 aliphatic rings. The summed E-state index contributed by atoms with van der Waals surface area (Å²) in [4.78, 5) is 30.6. The Balaban J connectivity index is 1.52. The fourth-order valence-electron chi connectivity index (χ4n) is 4.67. The number of carbonyl (C=O) groups is 1. The van der Waals surface area contributed by atoms with Gasteiger partial charge in [0.05, 0.1) is 12.3 Å². The monoisotopic (exact) mass is 705 g/mol. The predicted molar refractivity (Wildman–Crippen MR) is 160 cm³/mol. The van der Waals surface area contributed by atoms with Crippen LogP contribution in [0.4, 0.5) is 4.39 Å². The molecule has 1 fully saturated rings. The normalized spacial score (nSPS) is 23.6. The highest BCUT2D eigenvalue weighted by molar-refractivity contribution is 7.52. The molecule has 0 bridgehead atoms. The van der Waals surface area contributed by atoms with Crippen molar-refractivity contribution in [3.8, 4) is 5.75 Å². The summed E-state index contributed by atoms with van der Waals surface area (Å²) in [6.45, 7) is 3.49. The fourth-order valence-corrected chi connectivity index (χ4v) is 6.45. The number of benzene rings is 1. The molecule has 260 valence electrons. The highest BCUT2D eigenvalue weighted by Crippen LogP contribution is 2.49. The lowest BCUT2D eigenvalue weighted by atomic mass is 10.1. The number of rotatable bonds is 16. The first-order chi connectivity index (χ1) is 22.1. The first kappa shape index (κ1) is 36.8. The van der Waals surface area contributed by atoms with Crippen molar-refractivity contribution in [1.82, 2.24) is 19.3 Å². The molecule has 0 aliphatic carbocycles. The van der Waals surface area contributed by atoms with E-state index in [9.17, 15) is 24.1 Å². The number of esters is 1. The van der Waals surface area contributed by atoms with Gasteiger partial charge in [0, 0.05) is 0 Å². The highest BCUT2D eigenvalue weighted by Gasteiger charge is 2.57. The van der Waals surface area contributed by atoms with Crippen LogP contribution in [0.3, 0.4) is 0 Å². The molecule has 47 heavy (non-hydrogen) atoms. The number of carbonyl (C=O) groups excluding carboxylic acids is 1. The lowest BCUT2D eigenvalue weighted by Gasteiger charge is -2.27. The summed E-state index contributed by atoms with van der Waals surface area (Å²) < 4.78 is 69.3. The molecule has 6 atom stereocenters. The Morgan fingerprint density at radius 3 is 2.47 bits per heavy atom. The number of hydrogen-bond donors (Lipinski definition) is 6. The molecule has 0 radical (unpaired) electrons. The van der Waals surface area contributed by atoms with E-state index in [4.69, 9.17) is 33.7 Å². The summed E-state index contributed by atoms with van der Waals surface area (Å²) in [7, 11) is -9.42. The third kappa shape index (κ3) is 8.91. The Morgan fingerprint density at radius 2 is 1.83 bits per heavy atom. The van der Waals surface area contributed by atoms with Gasteiger partial charge in [-0.2, -0.15) is 10.2 Å². The van der Waals surface area contributed by atoms with Gasteiger partial charge in [-0.1, -0.05) is 44.9 Å². The summed E-state index contributed by atoms with van der Waals surface area (Å²) in [5, 5.41) is 36.3. The molecular formula is C27H38FN5O12P2. The van der Waals surface area contributed by atoms with E-state index in [0.717, 1.165) is 28.3 Å². The van der Waals surface area contributed by atoms with Gasteiger partial charge in [-0.3, -0.25) is 23.8 Å². The second-order valence-corrected chi connectivity index (χ2v) is 13.8. The van der Waals surface area contributed by atoms with Crippen LogP contribution < -0.4 is 15.1 Å². The standard InChI is InChI=1S/C27H38FN5O12P2/c1-4-18(5-2)13-41-26(36)17(3)31-46(37,45-19-9-7-6-8-10-19)42-14-27(28)24(35)22(34)23(44-27)20-11-12-21-25(29)32(15-30-33(20)21)16-43-47(38,39)40/h6-12,15,17-18,22-24,29,34-35H,4-5,13-14,16H2,1-3H3,(H,31,37)(H2,38,39,40)/t17-,22-,23-,24-,27+,46-/m0/s1. The van der Waals surface area contributed by atoms with Crippen LogP contribution in [0.25, 0.3) is 5.52 Å². The highest BCUT2D eigenvalue weighted by atomic mass is 31.2. The van der Waals surface area contributed by atoms with Gasteiger partial charge >= 0.3 is 21.5 Å². The summed E-state index contributed by atoms with van der Waals surface area (Å²) >= 11 is 0. The number of aliphatic hydroxyl groups is 2. The molecule has 0 amide bonds. The van der Waals surface area contributed by atoms with E-state index < -0.39 is 65.1 Å². The number of hydrogen-bond acceptors (Lipinski definition) is 12. The van der Waals surface area contributed by atoms with Crippen LogP contribution in [-0.4, -0.2) is 77.5 Å². The third-order valence-electron chi connectivity index (χ3n) is 7.50. The molecule has 4 rings (SSSR count). The lowest BCUT2D eigenvalue weighted by Crippen LogP contribution is -2.44. The average Bonchev–Trinajstić information content (AvgIpc) is 3.55. The van der Waals surface area contributed by atoms with Gasteiger partial charge in [0.15, 0.2) is 5.49 Å². The summed E-state index contributed by atoms with van der Waals surface area (Å²) in [5.41, 5.74) is -0.247. The van der Waals surface area contributed by atoms with Crippen LogP contribution in [0.2, 0.25) is 0 Å². The molecule has 3 heterocycles. The van der Waals surface area contributed by atoms with E-state index in [0.29, 0.717) is 0 Å². The number of phosphoric acid groups is 1. The van der Waals surface area contributed by atoms with Gasteiger partial charge in [0.1, 0.15) is 55.3 Å². The first-order valence-corrected chi connectivity index (χ1v) is 17.6. The summed E-state index contributed by atoms with van der Waals surface area (Å²) in [5.74, 6) is -3.72. The van der Waals surface area contributed by atoms with E-state index in [2.05, 4.69) is 14.7 Å². The number of aliphatic hydroxyl groups excluding tert-OH is 2. The number of aromatic nitrogens is 3. The van der Waals surface area contributed by atoms with Crippen molar-refractivity contribution >= 4 is 27.1 Å². The van der Waals surface area contributed by atoms with Crippen LogP contribution in [0.5, 0.6) is 5.75 Å². The van der Waals surface area contributed by atoms with Crippen LogP contribution in [-0.2, 0) is 39.2 Å². The van der Waals surface area contributed by atoms with Crippen molar-refractivity contribution in [2.75, 3.05) is 13.2 Å². The minimum absolute atomic E-state index is 0.00157. The van der Waals surface area contributed by atoms with Crippen molar-refractivity contribution in [2.45, 2.75) is 70.6 Å². The molecule has 0 spiro atoms. The topological polar surface area (TPSA) is 236 Å². The van der Waals surface area contributed by atoms with Crippen LogP contribution >= 0.6 is 15.6 Å². The van der Waals surface area contributed by atoms with Gasteiger partial charge in [0.25, 0.3) is 5.85 Å². The minimum atomic E-state index is -4.84. The van der Waals surface area contributed by atoms with Crippen molar-refractivity contribution in [3.63, 3.8) is 0 Å². The number of para-hydroxylation sites is 1. The Kier molecular flexibility index (Phi) is 11.8. The van der Waals surface area contributed by atoms with Gasteiger partial charge in [-0.25, -0.2) is 18.0 Å². The number of alkyl halides is 1. The Morgan fingerprint density at radius 1 is 1.15 bits per heavy atom. The lowest BCUT2D eigenvalue weighted by molar-refractivity contribution is -0.193. The van der Waals surface area contributed by atoms with Crippen LogP contribution in [0.1, 0.15) is 45.4 Å². The SMILES string of the molecule is CCC(CC)COC(=O)[C@H](C)N[P@](=O)(OC[C@@]1(F)O[C@@H](c2ccc3c(=N)n(COP(=O)(O)O)cnn23)[C@H](O)[C@@H]1O)Oc1ccccc1. The number of fused-ring (bicyclic) bond motifs is 1. The molecule has 3 aromatic rings. The van der Waals surface area contributed by atoms with Crippen molar-refractivity contribution in [1.29, 1.82) is 5.41 Å². The second-order valence-electron chi connectivity index (χ2n) is 10.9. The van der Waals surface area contributed by atoms with E-state index in [1.54, 1.807) is 18.2 Å². The number of phosphoric ester groups is 1. The van der Waals surface area contributed by atoms with E-state index in [1.165, 1.54) is 31.2 Å². The van der Waals surface area contributed by atoms with Crippen molar-refractivity contribution < 1.29 is 61.4 Å². The quantitative estimate of drug-likeness (QED) is 0.0927. The number of nitrogens with zero attached hydrogens (tertiary/aromatic N) is 3. The molecule has 20 heteroatoms. The van der Waals surface area contributed by atoms with E-state index in [1.807, 2.05) is 13.8 Å². The van der Waals surface area contributed by atoms with E-state index in [-0.39, 0.29) is 35.0 Å². The number of ether oxygens (including phenoxy) is 2. The molecular weight excluding hydrogens is 667 g/mol. The van der Waals surface area contributed by atoms with Crippen molar-refractivity contribution in [3.05, 3.63) is 60.0 Å². The van der Waals surface area contributed by atoms with E-state index >= 15 is 4.39 Å². The zero-order valence-corrected chi connectivity index (χ0v) is 27.5. The molecule has 0 unspecified atom stereocenters. The zero-order valence-electron chi connectivity index (χ0n) is 25.7.